The summed E-state index contributed by atoms with van der Waals surface area (Å²) in [6.45, 7) is 0.630. The number of aromatic nitrogens is 4. The molecule has 108 valence electrons. The Kier molecular flexibility index (Phi) is 2.63. The third kappa shape index (κ3) is 2.12. The minimum Gasteiger partial charge on any atom is -0.497 e. The second-order valence-corrected chi connectivity index (χ2v) is 5.46. The van der Waals surface area contributed by atoms with Crippen molar-refractivity contribution in [3.63, 3.8) is 0 Å². The third-order valence-electron chi connectivity index (χ3n) is 3.84. The number of nitrogens with two attached hydrogens (primary N) is 1. The molecule has 0 amide bonds. The van der Waals surface area contributed by atoms with E-state index in [1.165, 1.54) is 12.8 Å². The van der Waals surface area contributed by atoms with Crippen LogP contribution in [-0.4, -0.2) is 26.4 Å². The van der Waals surface area contributed by atoms with E-state index in [9.17, 15) is 0 Å². The quantitative estimate of drug-likeness (QED) is 0.797. The Bertz CT molecular complexity index is 800. The number of benzene rings is 1. The van der Waals surface area contributed by atoms with Crippen molar-refractivity contribution in [2.75, 3.05) is 12.8 Å². The third-order valence-corrected chi connectivity index (χ3v) is 3.84. The number of hydrogen-bond donors (Lipinski definition) is 1. The Morgan fingerprint density at radius 2 is 2.24 bits per heavy atom. The summed E-state index contributed by atoms with van der Waals surface area (Å²) in [4.78, 5) is 4.77. The van der Waals surface area contributed by atoms with Crippen molar-refractivity contribution in [3.8, 4) is 5.75 Å². The molecule has 1 aliphatic carbocycles. The Morgan fingerprint density at radius 3 is 2.90 bits per heavy atom. The molecular formula is C15H17N5O. The maximum absolute atomic E-state index is 5.73. The molecule has 4 rings (SSSR count). The van der Waals surface area contributed by atoms with Crippen molar-refractivity contribution < 1.29 is 4.74 Å². The van der Waals surface area contributed by atoms with E-state index in [0.717, 1.165) is 22.6 Å². The van der Waals surface area contributed by atoms with Gasteiger partial charge in [0, 0.05) is 18.3 Å². The highest BCUT2D eigenvalue weighted by Crippen LogP contribution is 2.39. The van der Waals surface area contributed by atoms with Gasteiger partial charge in [-0.1, -0.05) is 0 Å². The minimum atomic E-state index is 0.561. The molecule has 2 aromatic heterocycles. The van der Waals surface area contributed by atoms with E-state index in [1.807, 2.05) is 23.0 Å². The normalized spacial score (nSPS) is 14.7. The van der Waals surface area contributed by atoms with Crippen LogP contribution in [0.2, 0.25) is 0 Å². The molecule has 21 heavy (non-hydrogen) atoms. The lowest BCUT2D eigenvalue weighted by atomic mass is 10.3. The zero-order valence-corrected chi connectivity index (χ0v) is 11.9. The monoisotopic (exact) mass is 283 g/mol. The van der Waals surface area contributed by atoms with Gasteiger partial charge in [0.15, 0.2) is 0 Å². The highest BCUT2D eigenvalue weighted by molar-refractivity contribution is 5.78. The van der Waals surface area contributed by atoms with Crippen LogP contribution in [0.1, 0.15) is 24.7 Å². The fourth-order valence-corrected chi connectivity index (χ4v) is 2.72. The molecule has 1 fully saturated rings. The lowest BCUT2D eigenvalue weighted by Crippen LogP contribution is -2.08. The molecule has 0 spiro atoms. The van der Waals surface area contributed by atoms with Crippen LogP contribution in [-0.2, 0) is 6.54 Å². The number of rotatable bonds is 4. The van der Waals surface area contributed by atoms with Crippen LogP contribution >= 0.6 is 0 Å². The molecule has 3 aromatic rings. The van der Waals surface area contributed by atoms with Crippen LogP contribution in [0.3, 0.4) is 0 Å². The van der Waals surface area contributed by atoms with Gasteiger partial charge in [0.1, 0.15) is 11.6 Å². The highest BCUT2D eigenvalue weighted by atomic mass is 16.5. The van der Waals surface area contributed by atoms with Crippen molar-refractivity contribution in [2.24, 2.45) is 0 Å². The Labute approximate surface area is 122 Å². The summed E-state index contributed by atoms with van der Waals surface area (Å²) >= 11 is 0. The molecule has 0 radical (unpaired) electrons. The topological polar surface area (TPSA) is 70.9 Å². The summed E-state index contributed by atoms with van der Waals surface area (Å²) < 4.78 is 9.44. The molecule has 0 bridgehead atoms. The zero-order valence-electron chi connectivity index (χ0n) is 11.9. The second kappa shape index (κ2) is 4.51. The summed E-state index contributed by atoms with van der Waals surface area (Å²) in [6, 6.07) is 6.61. The Morgan fingerprint density at radius 1 is 1.38 bits per heavy atom. The number of imidazole rings is 1. The first kappa shape index (κ1) is 12.3. The maximum atomic E-state index is 5.73. The molecule has 1 aliphatic rings. The largest absolute Gasteiger partial charge is 0.497 e. The lowest BCUT2D eigenvalue weighted by molar-refractivity contribution is 0.415. The van der Waals surface area contributed by atoms with Crippen LogP contribution < -0.4 is 10.5 Å². The predicted molar refractivity (Wildman–Crippen MR) is 80.3 cm³/mol. The average molecular weight is 283 g/mol. The van der Waals surface area contributed by atoms with Gasteiger partial charge < -0.3 is 15.0 Å². The van der Waals surface area contributed by atoms with E-state index in [4.69, 9.17) is 15.5 Å². The summed E-state index contributed by atoms with van der Waals surface area (Å²) in [5.74, 6) is 1.85. The van der Waals surface area contributed by atoms with E-state index in [-0.39, 0.29) is 0 Å². The first-order valence-electron chi connectivity index (χ1n) is 7.07. The number of nitrogen functional groups attached to an aromatic ring is 1. The van der Waals surface area contributed by atoms with Crippen LogP contribution in [0.4, 0.5) is 5.69 Å². The van der Waals surface area contributed by atoms with Gasteiger partial charge in [0.05, 0.1) is 36.6 Å². The van der Waals surface area contributed by atoms with Crippen LogP contribution in [0.25, 0.3) is 11.0 Å². The fourth-order valence-electron chi connectivity index (χ4n) is 2.72. The second-order valence-electron chi connectivity index (χ2n) is 5.46. The number of ether oxygens (including phenoxy) is 1. The highest BCUT2D eigenvalue weighted by Gasteiger charge is 2.28. The van der Waals surface area contributed by atoms with Crippen LogP contribution in [0.15, 0.2) is 30.6 Å². The van der Waals surface area contributed by atoms with E-state index in [2.05, 4.69) is 15.7 Å². The van der Waals surface area contributed by atoms with Crippen molar-refractivity contribution in [3.05, 3.63) is 36.4 Å². The SMILES string of the molecule is COc1ccc2c(c1)nc(Cn1cc(N)cn1)n2C1CC1. The standard InChI is InChI=1S/C15H17N5O/c1-21-12-4-5-14-13(6-12)18-15(20(14)11-2-3-11)9-19-8-10(16)7-17-19/h4-8,11H,2-3,9,16H2,1H3. The summed E-state index contributed by atoms with van der Waals surface area (Å²) in [5.41, 5.74) is 8.53. The number of methoxy groups -OCH3 is 1. The predicted octanol–water partition coefficient (Wildman–Crippen LogP) is 2.21. The van der Waals surface area contributed by atoms with Crippen molar-refractivity contribution in [1.82, 2.24) is 19.3 Å². The number of fused-ring (bicyclic) bond motifs is 1. The summed E-state index contributed by atoms with van der Waals surface area (Å²) in [6.07, 6.45) is 5.92. The molecule has 6 heteroatoms. The van der Waals surface area contributed by atoms with Gasteiger partial charge in [-0.25, -0.2) is 4.98 Å². The first-order chi connectivity index (χ1) is 10.2. The smallest absolute Gasteiger partial charge is 0.131 e. The van der Waals surface area contributed by atoms with Gasteiger partial charge >= 0.3 is 0 Å². The average Bonchev–Trinajstić information content (AvgIpc) is 3.14. The minimum absolute atomic E-state index is 0.561. The van der Waals surface area contributed by atoms with Gasteiger partial charge in [0.2, 0.25) is 0 Å². The molecule has 0 saturated heterocycles. The lowest BCUT2D eigenvalue weighted by Gasteiger charge is -2.07. The van der Waals surface area contributed by atoms with Crippen LogP contribution in [0, 0.1) is 0 Å². The molecule has 0 aliphatic heterocycles. The van der Waals surface area contributed by atoms with Gasteiger partial charge in [-0.3, -0.25) is 4.68 Å². The van der Waals surface area contributed by atoms with Crippen molar-refractivity contribution >= 4 is 16.7 Å². The number of hydrogen-bond acceptors (Lipinski definition) is 4. The number of anilines is 1. The first-order valence-corrected chi connectivity index (χ1v) is 7.07. The van der Waals surface area contributed by atoms with Gasteiger partial charge in [-0.2, -0.15) is 5.10 Å². The fraction of sp³-hybridized carbons (Fsp3) is 0.333. The van der Waals surface area contributed by atoms with E-state index in [1.54, 1.807) is 13.3 Å². The zero-order chi connectivity index (χ0) is 14.4. The molecule has 0 atom stereocenters. The van der Waals surface area contributed by atoms with E-state index < -0.39 is 0 Å². The Balaban J connectivity index is 1.81. The van der Waals surface area contributed by atoms with Crippen LogP contribution in [0.5, 0.6) is 5.75 Å². The number of nitrogens with zero attached hydrogens (tertiary/aromatic N) is 4. The Hall–Kier alpha value is -2.50. The van der Waals surface area contributed by atoms with Gasteiger partial charge in [-0.05, 0) is 25.0 Å². The molecule has 6 nitrogen and oxygen atoms in total. The molecule has 2 heterocycles. The summed E-state index contributed by atoms with van der Waals surface area (Å²) in [5, 5.41) is 4.25. The van der Waals surface area contributed by atoms with Gasteiger partial charge in [0.25, 0.3) is 0 Å². The van der Waals surface area contributed by atoms with E-state index in [0.29, 0.717) is 18.3 Å². The maximum Gasteiger partial charge on any atom is 0.131 e. The summed E-state index contributed by atoms with van der Waals surface area (Å²) in [7, 11) is 1.67. The van der Waals surface area contributed by atoms with Gasteiger partial charge in [-0.15, -0.1) is 0 Å². The molecule has 0 unspecified atom stereocenters. The molecule has 1 aromatic carbocycles. The molecular weight excluding hydrogens is 266 g/mol. The van der Waals surface area contributed by atoms with E-state index >= 15 is 0 Å². The molecule has 1 saturated carbocycles. The molecule has 2 N–H and O–H groups in total. The van der Waals surface area contributed by atoms with Crippen molar-refractivity contribution in [1.29, 1.82) is 0 Å². The van der Waals surface area contributed by atoms with Crippen molar-refractivity contribution in [2.45, 2.75) is 25.4 Å².